The first-order valence-corrected chi connectivity index (χ1v) is 8.76. The molecule has 4 nitrogen and oxygen atoms in total. The van der Waals surface area contributed by atoms with Gasteiger partial charge in [-0.25, -0.2) is 0 Å². The third-order valence-corrected chi connectivity index (χ3v) is 5.01. The molecule has 2 aromatic carbocycles. The van der Waals surface area contributed by atoms with E-state index in [1.54, 1.807) is 14.2 Å². The van der Waals surface area contributed by atoms with E-state index in [1.807, 2.05) is 6.07 Å². The normalized spacial score (nSPS) is 16.5. The van der Waals surface area contributed by atoms with Gasteiger partial charge in [0.25, 0.3) is 0 Å². The van der Waals surface area contributed by atoms with Crippen LogP contribution in [0, 0.1) is 0 Å². The molecule has 1 saturated heterocycles. The fourth-order valence-electron chi connectivity index (χ4n) is 3.45. The highest BCUT2D eigenvalue weighted by molar-refractivity contribution is 5.92. The molecular weight excluding hydrogens is 300 g/mol. The summed E-state index contributed by atoms with van der Waals surface area (Å²) in [6.07, 6.45) is 2.27. The highest BCUT2D eigenvalue weighted by atomic mass is 16.5. The van der Waals surface area contributed by atoms with Gasteiger partial charge in [0.05, 0.1) is 14.2 Å². The van der Waals surface area contributed by atoms with Crippen LogP contribution in [0.2, 0.25) is 0 Å². The monoisotopic (exact) mass is 328 g/mol. The van der Waals surface area contributed by atoms with Crippen molar-refractivity contribution in [2.24, 2.45) is 0 Å². The van der Waals surface area contributed by atoms with Gasteiger partial charge in [0.15, 0.2) is 0 Å². The second-order valence-electron chi connectivity index (χ2n) is 6.59. The number of likely N-dealkylation sites (N-methyl/N-ethyl adjacent to an activating group) is 1. The molecule has 3 rings (SSSR count). The van der Waals surface area contributed by atoms with Crippen molar-refractivity contribution in [3.63, 3.8) is 0 Å². The van der Waals surface area contributed by atoms with Crippen molar-refractivity contribution in [1.82, 2.24) is 9.80 Å². The van der Waals surface area contributed by atoms with Crippen LogP contribution in [0.1, 0.15) is 12.0 Å². The SMILES string of the molecule is COc1ccc2c(OC)ccc(CCCN3CCN(C)CC3)c2c1. The zero-order valence-electron chi connectivity index (χ0n) is 15.0. The molecule has 1 heterocycles. The van der Waals surface area contributed by atoms with Crippen molar-refractivity contribution in [2.75, 3.05) is 54.0 Å². The number of hydrogen-bond acceptors (Lipinski definition) is 4. The molecule has 0 aliphatic carbocycles. The molecular formula is C20H28N2O2. The molecule has 0 bridgehead atoms. The number of methoxy groups -OCH3 is 2. The van der Waals surface area contributed by atoms with Gasteiger partial charge in [0, 0.05) is 31.6 Å². The van der Waals surface area contributed by atoms with Crippen LogP contribution in [0.5, 0.6) is 11.5 Å². The van der Waals surface area contributed by atoms with E-state index < -0.39 is 0 Å². The lowest BCUT2D eigenvalue weighted by Crippen LogP contribution is -2.44. The fourth-order valence-corrected chi connectivity index (χ4v) is 3.45. The Bertz CT molecular complexity index is 679. The van der Waals surface area contributed by atoms with E-state index in [9.17, 15) is 0 Å². The number of benzene rings is 2. The summed E-state index contributed by atoms with van der Waals surface area (Å²) < 4.78 is 10.9. The Balaban J connectivity index is 1.71. The van der Waals surface area contributed by atoms with Crippen molar-refractivity contribution in [3.8, 4) is 11.5 Å². The van der Waals surface area contributed by atoms with Crippen molar-refractivity contribution in [1.29, 1.82) is 0 Å². The number of aryl methyl sites for hydroxylation is 1. The van der Waals surface area contributed by atoms with Gasteiger partial charge >= 0.3 is 0 Å². The Hall–Kier alpha value is -1.78. The van der Waals surface area contributed by atoms with Crippen LogP contribution in [0.4, 0.5) is 0 Å². The maximum atomic E-state index is 5.51. The zero-order valence-corrected chi connectivity index (χ0v) is 15.0. The number of rotatable bonds is 6. The molecule has 0 atom stereocenters. The van der Waals surface area contributed by atoms with E-state index in [0.29, 0.717) is 0 Å². The third kappa shape index (κ3) is 3.82. The summed E-state index contributed by atoms with van der Waals surface area (Å²) in [6, 6.07) is 10.5. The van der Waals surface area contributed by atoms with Crippen LogP contribution in [0.3, 0.4) is 0 Å². The molecule has 0 spiro atoms. The van der Waals surface area contributed by atoms with Crippen LogP contribution in [-0.4, -0.2) is 63.8 Å². The maximum Gasteiger partial charge on any atom is 0.126 e. The summed E-state index contributed by atoms with van der Waals surface area (Å²) in [5, 5.41) is 2.41. The minimum Gasteiger partial charge on any atom is -0.497 e. The maximum absolute atomic E-state index is 5.51. The highest BCUT2D eigenvalue weighted by Crippen LogP contribution is 2.32. The molecule has 1 fully saturated rings. The Morgan fingerprint density at radius 1 is 0.917 bits per heavy atom. The minimum atomic E-state index is 0.899. The molecule has 0 unspecified atom stereocenters. The predicted octanol–water partition coefficient (Wildman–Crippen LogP) is 3.04. The first-order chi connectivity index (χ1) is 11.7. The molecule has 0 radical (unpaired) electrons. The van der Waals surface area contributed by atoms with Crippen LogP contribution >= 0.6 is 0 Å². The lowest BCUT2D eigenvalue weighted by atomic mass is 9.99. The summed E-state index contributed by atoms with van der Waals surface area (Å²) in [5.41, 5.74) is 1.37. The summed E-state index contributed by atoms with van der Waals surface area (Å²) in [6.45, 7) is 5.91. The molecule has 0 amide bonds. The van der Waals surface area contributed by atoms with Gasteiger partial charge in [0.1, 0.15) is 11.5 Å². The molecule has 0 N–H and O–H groups in total. The van der Waals surface area contributed by atoms with Gasteiger partial charge in [-0.2, -0.15) is 0 Å². The van der Waals surface area contributed by atoms with E-state index in [2.05, 4.69) is 41.1 Å². The van der Waals surface area contributed by atoms with E-state index >= 15 is 0 Å². The first-order valence-electron chi connectivity index (χ1n) is 8.76. The van der Waals surface area contributed by atoms with Gasteiger partial charge in [0.2, 0.25) is 0 Å². The molecule has 1 aliphatic heterocycles. The van der Waals surface area contributed by atoms with Gasteiger partial charge in [-0.15, -0.1) is 0 Å². The molecule has 1 aliphatic rings. The van der Waals surface area contributed by atoms with Crippen molar-refractivity contribution >= 4 is 10.8 Å². The van der Waals surface area contributed by atoms with E-state index in [4.69, 9.17) is 9.47 Å². The zero-order chi connectivity index (χ0) is 16.9. The number of fused-ring (bicyclic) bond motifs is 1. The Kier molecular flexibility index (Phi) is 5.59. The quantitative estimate of drug-likeness (QED) is 0.814. The summed E-state index contributed by atoms with van der Waals surface area (Å²) >= 11 is 0. The number of piperazine rings is 1. The summed E-state index contributed by atoms with van der Waals surface area (Å²) in [7, 11) is 5.65. The van der Waals surface area contributed by atoms with Gasteiger partial charge in [-0.05, 0) is 61.6 Å². The average Bonchev–Trinajstić information content (AvgIpc) is 2.63. The fraction of sp³-hybridized carbons (Fsp3) is 0.500. The number of hydrogen-bond donors (Lipinski definition) is 0. The van der Waals surface area contributed by atoms with Crippen LogP contribution in [-0.2, 0) is 6.42 Å². The molecule has 130 valence electrons. The lowest BCUT2D eigenvalue weighted by molar-refractivity contribution is 0.153. The summed E-state index contributed by atoms with van der Waals surface area (Å²) in [5.74, 6) is 1.83. The smallest absolute Gasteiger partial charge is 0.126 e. The van der Waals surface area contributed by atoms with Crippen LogP contribution in [0.25, 0.3) is 10.8 Å². The van der Waals surface area contributed by atoms with E-state index in [-0.39, 0.29) is 0 Å². The van der Waals surface area contributed by atoms with Gasteiger partial charge in [-0.3, -0.25) is 0 Å². The molecule has 0 saturated carbocycles. The molecule has 0 aromatic heterocycles. The second kappa shape index (κ2) is 7.86. The number of nitrogens with zero attached hydrogens (tertiary/aromatic N) is 2. The topological polar surface area (TPSA) is 24.9 Å². The Morgan fingerprint density at radius 2 is 1.71 bits per heavy atom. The van der Waals surface area contributed by atoms with E-state index in [0.717, 1.165) is 23.3 Å². The Labute approximate surface area is 145 Å². The Morgan fingerprint density at radius 3 is 2.42 bits per heavy atom. The summed E-state index contributed by atoms with van der Waals surface area (Å²) in [4.78, 5) is 4.98. The molecule has 2 aromatic rings. The molecule has 24 heavy (non-hydrogen) atoms. The highest BCUT2D eigenvalue weighted by Gasteiger charge is 2.13. The average molecular weight is 328 g/mol. The third-order valence-electron chi connectivity index (χ3n) is 5.01. The first kappa shape index (κ1) is 17.1. The van der Waals surface area contributed by atoms with Crippen LogP contribution < -0.4 is 9.47 Å². The second-order valence-corrected chi connectivity index (χ2v) is 6.59. The van der Waals surface area contributed by atoms with Gasteiger partial charge < -0.3 is 19.3 Å². The van der Waals surface area contributed by atoms with Gasteiger partial charge in [-0.1, -0.05) is 6.07 Å². The van der Waals surface area contributed by atoms with Crippen molar-refractivity contribution in [2.45, 2.75) is 12.8 Å². The van der Waals surface area contributed by atoms with Crippen molar-refractivity contribution in [3.05, 3.63) is 35.9 Å². The largest absolute Gasteiger partial charge is 0.497 e. The minimum absolute atomic E-state index is 0.899. The number of ether oxygens (including phenoxy) is 2. The lowest BCUT2D eigenvalue weighted by Gasteiger charge is -2.32. The van der Waals surface area contributed by atoms with Crippen molar-refractivity contribution < 1.29 is 9.47 Å². The standard InChI is InChI=1S/C20H28N2O2/c1-21-11-13-22(14-12-21)10-4-5-16-6-9-20(24-3)18-8-7-17(23-2)15-19(16)18/h6-9,15H,4-5,10-14H2,1-3H3. The van der Waals surface area contributed by atoms with Crippen LogP contribution in [0.15, 0.2) is 30.3 Å². The molecule has 4 heteroatoms. The van der Waals surface area contributed by atoms with E-state index in [1.165, 1.54) is 50.1 Å². The predicted molar refractivity (Wildman–Crippen MR) is 99.3 cm³/mol.